The lowest BCUT2D eigenvalue weighted by molar-refractivity contribution is 0.153. The van der Waals surface area contributed by atoms with Crippen LogP contribution < -0.4 is 0 Å². The SMILES string of the molecule is CCCCCCC(CCC)O[C]=O. The molecule has 2 nitrogen and oxygen atoms in total. The van der Waals surface area contributed by atoms with E-state index in [1.54, 1.807) is 6.47 Å². The molecule has 0 aliphatic rings. The van der Waals surface area contributed by atoms with Gasteiger partial charge >= 0.3 is 6.47 Å². The Morgan fingerprint density at radius 3 is 2.38 bits per heavy atom. The minimum atomic E-state index is 0.111. The number of unbranched alkanes of at least 4 members (excludes halogenated alkanes) is 3. The van der Waals surface area contributed by atoms with Crippen molar-refractivity contribution in [3.05, 3.63) is 0 Å². The molecule has 0 saturated heterocycles. The molecule has 0 aliphatic heterocycles. The maximum Gasteiger partial charge on any atom is 0.417 e. The zero-order valence-electron chi connectivity index (χ0n) is 8.84. The second-order valence-electron chi connectivity index (χ2n) is 3.46. The van der Waals surface area contributed by atoms with Gasteiger partial charge in [-0.3, -0.25) is 0 Å². The van der Waals surface area contributed by atoms with E-state index in [1.807, 2.05) is 0 Å². The molecule has 0 aliphatic carbocycles. The maximum absolute atomic E-state index is 10.0. The summed E-state index contributed by atoms with van der Waals surface area (Å²) in [6.45, 7) is 5.84. The van der Waals surface area contributed by atoms with Gasteiger partial charge in [0.1, 0.15) is 6.10 Å². The van der Waals surface area contributed by atoms with Crippen molar-refractivity contribution in [2.75, 3.05) is 0 Å². The Hall–Kier alpha value is -0.530. The summed E-state index contributed by atoms with van der Waals surface area (Å²) in [5, 5.41) is 0. The summed E-state index contributed by atoms with van der Waals surface area (Å²) in [7, 11) is 0. The first kappa shape index (κ1) is 12.5. The Morgan fingerprint density at radius 1 is 1.08 bits per heavy atom. The molecule has 0 spiro atoms. The molecule has 0 heterocycles. The third-order valence-electron chi connectivity index (χ3n) is 2.21. The highest BCUT2D eigenvalue weighted by molar-refractivity contribution is 5.38. The van der Waals surface area contributed by atoms with Crippen LogP contribution in [0.25, 0.3) is 0 Å². The van der Waals surface area contributed by atoms with E-state index in [1.165, 1.54) is 25.7 Å². The number of ether oxygens (including phenoxy) is 1. The van der Waals surface area contributed by atoms with Gasteiger partial charge in [-0.25, -0.2) is 4.79 Å². The fraction of sp³-hybridized carbons (Fsp3) is 0.909. The summed E-state index contributed by atoms with van der Waals surface area (Å²) >= 11 is 0. The smallest absolute Gasteiger partial charge is 0.417 e. The molecule has 0 N–H and O–H groups in total. The fourth-order valence-electron chi connectivity index (χ4n) is 1.45. The van der Waals surface area contributed by atoms with Crippen molar-refractivity contribution < 1.29 is 9.53 Å². The van der Waals surface area contributed by atoms with Crippen LogP contribution in [-0.4, -0.2) is 12.6 Å². The molecule has 1 unspecified atom stereocenters. The molecule has 0 fully saturated rings. The Kier molecular flexibility index (Phi) is 9.17. The summed E-state index contributed by atoms with van der Waals surface area (Å²) in [5.41, 5.74) is 0. The molecule has 0 bridgehead atoms. The monoisotopic (exact) mass is 185 g/mol. The van der Waals surface area contributed by atoms with Gasteiger partial charge in [0, 0.05) is 0 Å². The summed E-state index contributed by atoms with van der Waals surface area (Å²) in [4.78, 5) is 10.0. The quantitative estimate of drug-likeness (QED) is 0.515. The van der Waals surface area contributed by atoms with E-state index in [4.69, 9.17) is 4.74 Å². The minimum absolute atomic E-state index is 0.111. The van der Waals surface area contributed by atoms with Crippen molar-refractivity contribution in [2.24, 2.45) is 0 Å². The first-order valence-corrected chi connectivity index (χ1v) is 5.37. The summed E-state index contributed by atoms with van der Waals surface area (Å²) in [6.07, 6.45) is 8.10. The summed E-state index contributed by atoms with van der Waals surface area (Å²) in [5.74, 6) is 0. The summed E-state index contributed by atoms with van der Waals surface area (Å²) in [6, 6.07) is 0. The first-order valence-electron chi connectivity index (χ1n) is 5.37. The molecule has 77 valence electrons. The zero-order chi connectivity index (χ0) is 9.94. The first-order chi connectivity index (χ1) is 6.35. The molecule has 1 atom stereocenters. The summed E-state index contributed by atoms with van der Waals surface area (Å²) < 4.78 is 4.86. The van der Waals surface area contributed by atoms with Gasteiger partial charge in [-0.1, -0.05) is 39.5 Å². The van der Waals surface area contributed by atoms with Crippen LogP contribution in [0.15, 0.2) is 0 Å². The Bertz CT molecular complexity index is 113. The van der Waals surface area contributed by atoms with Crippen molar-refractivity contribution in [1.29, 1.82) is 0 Å². The van der Waals surface area contributed by atoms with Gasteiger partial charge in [-0.15, -0.1) is 0 Å². The third kappa shape index (κ3) is 7.82. The molecule has 0 aromatic rings. The highest BCUT2D eigenvalue weighted by atomic mass is 16.5. The van der Waals surface area contributed by atoms with Gasteiger partial charge in [-0.05, 0) is 19.3 Å². The molecule has 0 saturated carbocycles. The van der Waals surface area contributed by atoms with Crippen LogP contribution >= 0.6 is 0 Å². The molecular formula is C11H21O2. The van der Waals surface area contributed by atoms with Crippen molar-refractivity contribution in [2.45, 2.75) is 64.9 Å². The van der Waals surface area contributed by atoms with E-state index in [9.17, 15) is 4.79 Å². The van der Waals surface area contributed by atoms with E-state index < -0.39 is 0 Å². The lowest BCUT2D eigenvalue weighted by atomic mass is 10.1. The van der Waals surface area contributed by atoms with Crippen molar-refractivity contribution in [3.8, 4) is 0 Å². The van der Waals surface area contributed by atoms with Gasteiger partial charge in [0.2, 0.25) is 0 Å². The minimum Gasteiger partial charge on any atom is -0.454 e. The lowest BCUT2D eigenvalue weighted by Gasteiger charge is -2.12. The van der Waals surface area contributed by atoms with Gasteiger partial charge in [0.15, 0.2) is 0 Å². The number of rotatable bonds is 9. The topological polar surface area (TPSA) is 26.3 Å². The fourth-order valence-corrected chi connectivity index (χ4v) is 1.45. The van der Waals surface area contributed by atoms with Crippen LogP contribution in [0, 0.1) is 0 Å². The molecule has 0 aromatic carbocycles. The maximum atomic E-state index is 10.0. The largest absolute Gasteiger partial charge is 0.454 e. The van der Waals surface area contributed by atoms with Gasteiger partial charge in [0.25, 0.3) is 0 Å². The molecule has 0 amide bonds. The van der Waals surface area contributed by atoms with E-state index in [0.717, 1.165) is 19.3 Å². The van der Waals surface area contributed by atoms with Crippen LogP contribution in [-0.2, 0) is 9.53 Å². The molecule has 0 rings (SSSR count). The molecular weight excluding hydrogens is 164 g/mol. The standard InChI is InChI=1S/C11H21O2/c1-3-5-6-7-9-11(8-4-2)13-10-12/h11H,3-9H2,1-2H3. The van der Waals surface area contributed by atoms with Crippen molar-refractivity contribution in [1.82, 2.24) is 0 Å². The Balaban J connectivity index is 3.38. The van der Waals surface area contributed by atoms with Crippen molar-refractivity contribution in [3.63, 3.8) is 0 Å². The molecule has 2 heteroatoms. The second kappa shape index (κ2) is 9.56. The van der Waals surface area contributed by atoms with E-state index in [-0.39, 0.29) is 6.10 Å². The van der Waals surface area contributed by atoms with E-state index in [2.05, 4.69) is 13.8 Å². The Labute approximate surface area is 81.7 Å². The van der Waals surface area contributed by atoms with Gasteiger partial charge in [0.05, 0.1) is 0 Å². The predicted octanol–water partition coefficient (Wildman–Crippen LogP) is 3.21. The zero-order valence-corrected chi connectivity index (χ0v) is 8.84. The Morgan fingerprint density at radius 2 is 1.85 bits per heavy atom. The van der Waals surface area contributed by atoms with Crippen LogP contribution in [0.3, 0.4) is 0 Å². The van der Waals surface area contributed by atoms with Crippen LogP contribution in [0.2, 0.25) is 0 Å². The van der Waals surface area contributed by atoms with Crippen LogP contribution in [0.5, 0.6) is 0 Å². The highest BCUT2D eigenvalue weighted by Crippen LogP contribution is 2.11. The van der Waals surface area contributed by atoms with Gasteiger partial charge < -0.3 is 4.74 Å². The molecule has 0 aromatic heterocycles. The van der Waals surface area contributed by atoms with Crippen LogP contribution in [0.1, 0.15) is 58.8 Å². The van der Waals surface area contributed by atoms with Gasteiger partial charge in [-0.2, -0.15) is 0 Å². The second-order valence-corrected chi connectivity index (χ2v) is 3.46. The number of carbonyl (C=O) groups excluding carboxylic acids is 1. The van der Waals surface area contributed by atoms with E-state index >= 15 is 0 Å². The van der Waals surface area contributed by atoms with E-state index in [0.29, 0.717) is 0 Å². The third-order valence-corrected chi connectivity index (χ3v) is 2.21. The molecule has 1 radical (unpaired) electrons. The number of hydrogen-bond donors (Lipinski definition) is 0. The normalized spacial score (nSPS) is 12.5. The average Bonchev–Trinajstić information content (AvgIpc) is 2.13. The van der Waals surface area contributed by atoms with Crippen molar-refractivity contribution >= 4 is 6.47 Å². The molecule has 13 heavy (non-hydrogen) atoms. The highest BCUT2D eigenvalue weighted by Gasteiger charge is 2.07. The predicted molar refractivity (Wildman–Crippen MR) is 54.2 cm³/mol. The lowest BCUT2D eigenvalue weighted by Crippen LogP contribution is -2.11. The average molecular weight is 185 g/mol. The van der Waals surface area contributed by atoms with Crippen LogP contribution in [0.4, 0.5) is 0 Å². The number of hydrogen-bond acceptors (Lipinski definition) is 2.